The van der Waals surface area contributed by atoms with Gasteiger partial charge in [-0.25, -0.2) is 4.52 Å². The van der Waals surface area contributed by atoms with Crippen LogP contribution in [-0.2, 0) is 4.74 Å². The van der Waals surface area contributed by atoms with Crippen LogP contribution in [-0.4, -0.2) is 50.4 Å². The third kappa shape index (κ3) is 2.38. The van der Waals surface area contributed by atoms with Crippen molar-refractivity contribution in [1.82, 2.24) is 24.7 Å². The Hall–Kier alpha value is -2.25. The van der Waals surface area contributed by atoms with Gasteiger partial charge in [0.2, 0.25) is 5.82 Å². The van der Waals surface area contributed by atoms with E-state index in [1.165, 1.54) is 18.4 Å². The van der Waals surface area contributed by atoms with Gasteiger partial charge in [-0.2, -0.15) is 10.1 Å². The first-order chi connectivity index (χ1) is 12.2. The minimum atomic E-state index is -0.113. The molecule has 0 saturated carbocycles. The lowest BCUT2D eigenvalue weighted by atomic mass is 10.2. The minimum absolute atomic E-state index is 0.113. The topological polar surface area (TPSA) is 68.7 Å². The van der Waals surface area contributed by atoms with Crippen molar-refractivity contribution in [3.8, 4) is 11.5 Å². The lowest BCUT2D eigenvalue weighted by Crippen LogP contribution is -2.42. The van der Waals surface area contributed by atoms with Gasteiger partial charge in [-0.1, -0.05) is 11.2 Å². The molecule has 25 heavy (non-hydrogen) atoms. The van der Waals surface area contributed by atoms with E-state index in [0.29, 0.717) is 17.8 Å². The Labute approximate surface area is 145 Å². The fourth-order valence-corrected chi connectivity index (χ4v) is 3.89. The molecule has 0 radical (unpaired) electrons. The highest BCUT2D eigenvalue weighted by atomic mass is 16.5. The van der Waals surface area contributed by atoms with E-state index in [0.717, 1.165) is 36.5 Å². The first-order valence-corrected chi connectivity index (χ1v) is 8.84. The normalized spacial score (nSPS) is 24.1. The monoisotopic (exact) mass is 339 g/mol. The number of rotatable bonds is 2. The number of morpholine rings is 1. The third-order valence-electron chi connectivity index (χ3n) is 5.54. The Bertz CT molecular complexity index is 931. The molecule has 2 saturated heterocycles. The van der Waals surface area contributed by atoms with E-state index in [-0.39, 0.29) is 6.10 Å². The van der Waals surface area contributed by atoms with Gasteiger partial charge in [0, 0.05) is 18.3 Å². The van der Waals surface area contributed by atoms with E-state index in [2.05, 4.69) is 40.1 Å². The van der Waals surface area contributed by atoms with E-state index >= 15 is 0 Å². The summed E-state index contributed by atoms with van der Waals surface area (Å²) in [6.07, 6.45) is 4.15. The van der Waals surface area contributed by atoms with Gasteiger partial charge in [-0.05, 0) is 44.9 Å². The van der Waals surface area contributed by atoms with Crippen LogP contribution in [0.5, 0.6) is 0 Å². The average Bonchev–Trinajstić information content (AvgIpc) is 3.35. The Morgan fingerprint density at radius 1 is 1.24 bits per heavy atom. The van der Waals surface area contributed by atoms with Gasteiger partial charge in [-0.15, -0.1) is 0 Å². The molecule has 0 aromatic carbocycles. The molecular formula is C18H21N5O2. The summed E-state index contributed by atoms with van der Waals surface area (Å²) in [5.41, 5.74) is 4.14. The highest BCUT2D eigenvalue weighted by Crippen LogP contribution is 2.31. The molecule has 2 aliphatic rings. The summed E-state index contributed by atoms with van der Waals surface area (Å²) in [6, 6.07) is 4.69. The van der Waals surface area contributed by atoms with Crippen LogP contribution in [0.15, 0.2) is 22.9 Å². The van der Waals surface area contributed by atoms with Crippen LogP contribution in [0.1, 0.15) is 36.0 Å². The summed E-state index contributed by atoms with van der Waals surface area (Å²) in [4.78, 5) is 7.09. The van der Waals surface area contributed by atoms with Crippen LogP contribution in [0.4, 0.5) is 0 Å². The maximum absolute atomic E-state index is 5.98. The molecule has 5 heterocycles. The third-order valence-corrected chi connectivity index (χ3v) is 5.54. The number of hydrogen-bond donors (Lipinski definition) is 0. The van der Waals surface area contributed by atoms with Gasteiger partial charge in [0.1, 0.15) is 6.10 Å². The van der Waals surface area contributed by atoms with Crippen molar-refractivity contribution in [2.45, 2.75) is 38.8 Å². The van der Waals surface area contributed by atoms with E-state index in [4.69, 9.17) is 9.26 Å². The molecule has 5 rings (SSSR count). The molecule has 0 aliphatic carbocycles. The van der Waals surface area contributed by atoms with Gasteiger partial charge >= 0.3 is 0 Å². The van der Waals surface area contributed by atoms with Gasteiger partial charge in [0.15, 0.2) is 0 Å². The number of pyridine rings is 1. The lowest BCUT2D eigenvalue weighted by Gasteiger charge is -2.33. The Kier molecular flexibility index (Phi) is 3.39. The van der Waals surface area contributed by atoms with Crippen molar-refractivity contribution < 1.29 is 9.26 Å². The van der Waals surface area contributed by atoms with E-state index < -0.39 is 0 Å². The van der Waals surface area contributed by atoms with Gasteiger partial charge < -0.3 is 9.26 Å². The zero-order valence-electron chi connectivity index (χ0n) is 14.5. The summed E-state index contributed by atoms with van der Waals surface area (Å²) in [6.45, 7) is 6.87. The Morgan fingerprint density at radius 3 is 3.08 bits per heavy atom. The SMILES string of the molecule is Cc1ccc2c(-c3nc([C@H]4CN5CCC[C@H]5CO4)no3)cnn2c1C. The molecule has 2 fully saturated rings. The molecule has 0 N–H and O–H groups in total. The maximum Gasteiger partial charge on any atom is 0.261 e. The maximum atomic E-state index is 5.98. The second-order valence-corrected chi connectivity index (χ2v) is 7.03. The first-order valence-electron chi connectivity index (χ1n) is 8.84. The lowest BCUT2D eigenvalue weighted by molar-refractivity contribution is -0.0548. The Morgan fingerprint density at radius 2 is 2.16 bits per heavy atom. The molecule has 7 nitrogen and oxygen atoms in total. The van der Waals surface area contributed by atoms with Crippen molar-refractivity contribution in [2.75, 3.05) is 19.7 Å². The number of aromatic nitrogens is 4. The second-order valence-electron chi connectivity index (χ2n) is 7.03. The highest BCUT2D eigenvalue weighted by molar-refractivity contribution is 5.75. The summed E-state index contributed by atoms with van der Waals surface area (Å²) in [5, 5.41) is 8.65. The van der Waals surface area contributed by atoms with Crippen LogP contribution in [0.2, 0.25) is 0 Å². The molecule has 3 aromatic heterocycles. The zero-order valence-corrected chi connectivity index (χ0v) is 14.5. The number of nitrogens with zero attached hydrogens (tertiary/aromatic N) is 5. The number of aryl methyl sites for hydroxylation is 2. The van der Waals surface area contributed by atoms with E-state index in [1.54, 1.807) is 6.20 Å². The molecular weight excluding hydrogens is 318 g/mol. The smallest absolute Gasteiger partial charge is 0.261 e. The second kappa shape index (κ2) is 5.64. The molecule has 7 heteroatoms. The Balaban J connectivity index is 1.46. The quantitative estimate of drug-likeness (QED) is 0.715. The van der Waals surface area contributed by atoms with Crippen LogP contribution in [0.25, 0.3) is 17.0 Å². The van der Waals surface area contributed by atoms with Gasteiger partial charge in [0.05, 0.1) is 23.9 Å². The van der Waals surface area contributed by atoms with Crippen molar-refractivity contribution in [3.05, 3.63) is 35.4 Å². The zero-order chi connectivity index (χ0) is 17.0. The van der Waals surface area contributed by atoms with Crippen molar-refractivity contribution in [2.24, 2.45) is 0 Å². The van der Waals surface area contributed by atoms with Crippen LogP contribution < -0.4 is 0 Å². The standard InChI is InChI=1S/C18H21N5O2/c1-11-5-6-15-14(8-19-23(15)12(11)2)18-20-17(21-25-18)16-9-22-7-3-4-13(22)10-24-16/h5-6,8,13,16H,3-4,7,9-10H2,1-2H3/t13-,16+/m0/s1. The molecule has 130 valence electrons. The summed E-state index contributed by atoms with van der Waals surface area (Å²) >= 11 is 0. The van der Waals surface area contributed by atoms with Crippen LogP contribution >= 0.6 is 0 Å². The first kappa shape index (κ1) is 15.0. The number of ether oxygens (including phenoxy) is 1. The summed E-state index contributed by atoms with van der Waals surface area (Å²) < 4.78 is 13.4. The van der Waals surface area contributed by atoms with Crippen molar-refractivity contribution in [3.63, 3.8) is 0 Å². The number of hydrogen-bond acceptors (Lipinski definition) is 6. The summed E-state index contributed by atoms with van der Waals surface area (Å²) in [5.74, 6) is 1.13. The minimum Gasteiger partial charge on any atom is -0.367 e. The average molecular weight is 339 g/mol. The van der Waals surface area contributed by atoms with E-state index in [9.17, 15) is 0 Å². The van der Waals surface area contributed by atoms with Crippen molar-refractivity contribution in [1.29, 1.82) is 0 Å². The van der Waals surface area contributed by atoms with Gasteiger partial charge in [0.25, 0.3) is 5.89 Å². The van der Waals surface area contributed by atoms with E-state index in [1.807, 2.05) is 10.6 Å². The molecule has 0 spiro atoms. The fourth-order valence-electron chi connectivity index (χ4n) is 3.89. The van der Waals surface area contributed by atoms with Crippen LogP contribution in [0, 0.1) is 13.8 Å². The fraction of sp³-hybridized carbons (Fsp3) is 0.500. The van der Waals surface area contributed by atoms with Crippen molar-refractivity contribution >= 4 is 5.52 Å². The van der Waals surface area contributed by atoms with Gasteiger partial charge in [-0.3, -0.25) is 4.90 Å². The predicted molar refractivity (Wildman–Crippen MR) is 91.2 cm³/mol. The highest BCUT2D eigenvalue weighted by Gasteiger charge is 2.35. The predicted octanol–water partition coefficient (Wildman–Crippen LogP) is 2.54. The molecule has 2 atom stereocenters. The molecule has 2 aliphatic heterocycles. The molecule has 0 bridgehead atoms. The summed E-state index contributed by atoms with van der Waals surface area (Å²) in [7, 11) is 0. The molecule has 0 amide bonds. The molecule has 0 unspecified atom stereocenters. The molecule has 3 aromatic rings. The number of fused-ring (bicyclic) bond motifs is 2. The largest absolute Gasteiger partial charge is 0.367 e. The van der Waals surface area contributed by atoms with Crippen LogP contribution in [0.3, 0.4) is 0 Å².